The summed E-state index contributed by atoms with van der Waals surface area (Å²) in [6, 6.07) is 2.14. The number of carbonyl (C=O) groups excluding carboxylic acids is 1. The van der Waals surface area contributed by atoms with E-state index in [0.29, 0.717) is 48.4 Å². The third-order valence-electron chi connectivity index (χ3n) is 3.95. The molecule has 1 aliphatic rings. The van der Waals surface area contributed by atoms with Gasteiger partial charge in [0, 0.05) is 33.2 Å². The summed E-state index contributed by atoms with van der Waals surface area (Å²) in [5, 5.41) is 9.91. The summed E-state index contributed by atoms with van der Waals surface area (Å²) in [6.07, 6.45) is 6.65. The second kappa shape index (κ2) is 6.88. The molecule has 0 spiro atoms. The molecule has 0 atom stereocenters. The molecule has 1 aliphatic heterocycles. The smallest absolute Gasteiger partial charge is 0.272 e. The average molecular weight is 343 g/mol. The fourth-order valence-electron chi connectivity index (χ4n) is 2.62. The number of amides is 1. The van der Waals surface area contributed by atoms with E-state index in [4.69, 9.17) is 0 Å². The molecule has 1 fully saturated rings. The van der Waals surface area contributed by atoms with Gasteiger partial charge in [-0.3, -0.25) is 4.79 Å². The normalized spacial score (nSPS) is 14.5. The molecule has 24 heavy (non-hydrogen) atoms. The Kier molecular flexibility index (Phi) is 4.66. The molecule has 8 nitrogen and oxygen atoms in total. The first-order valence-corrected chi connectivity index (χ1v) is 8.68. The van der Waals surface area contributed by atoms with Gasteiger partial charge in [-0.2, -0.15) is 5.26 Å². The molecule has 2 aromatic rings. The van der Waals surface area contributed by atoms with Gasteiger partial charge >= 0.3 is 0 Å². The van der Waals surface area contributed by atoms with Gasteiger partial charge in [0.15, 0.2) is 11.0 Å². The molecule has 9 heteroatoms. The van der Waals surface area contributed by atoms with E-state index in [1.807, 2.05) is 11.2 Å². The predicted molar refractivity (Wildman–Crippen MR) is 89.9 cm³/mol. The fraction of sp³-hybridized carbons (Fsp3) is 0.400. The first kappa shape index (κ1) is 16.3. The average Bonchev–Trinajstić information content (AvgIpc) is 3.06. The summed E-state index contributed by atoms with van der Waals surface area (Å²) in [6.45, 7) is 2.41. The van der Waals surface area contributed by atoms with Crippen LogP contribution in [0.5, 0.6) is 0 Å². The minimum Gasteiger partial charge on any atom is -0.352 e. The van der Waals surface area contributed by atoms with Gasteiger partial charge in [-0.1, -0.05) is 11.8 Å². The highest BCUT2D eigenvalue weighted by Gasteiger charge is 2.25. The number of hydrogen-bond donors (Lipinski definition) is 0. The highest BCUT2D eigenvalue weighted by atomic mass is 32.2. The minimum atomic E-state index is -0.0253. The molecule has 0 unspecified atom stereocenters. The quantitative estimate of drug-likeness (QED) is 0.600. The molecule has 0 aliphatic carbocycles. The number of aromatic nitrogens is 4. The van der Waals surface area contributed by atoms with Crippen LogP contribution in [-0.4, -0.2) is 62.8 Å². The molecule has 0 aromatic carbocycles. The van der Waals surface area contributed by atoms with E-state index in [-0.39, 0.29) is 5.91 Å². The molecule has 124 valence electrons. The van der Waals surface area contributed by atoms with Gasteiger partial charge in [0.05, 0.1) is 18.7 Å². The van der Waals surface area contributed by atoms with Crippen molar-refractivity contribution < 1.29 is 4.79 Å². The molecular weight excluding hydrogens is 326 g/mol. The van der Waals surface area contributed by atoms with Gasteiger partial charge in [0.1, 0.15) is 17.3 Å². The Morgan fingerprint density at radius 3 is 2.62 bits per heavy atom. The monoisotopic (exact) mass is 343 g/mol. The second-order valence-electron chi connectivity index (χ2n) is 5.37. The van der Waals surface area contributed by atoms with Gasteiger partial charge in [-0.15, -0.1) is 0 Å². The molecule has 0 saturated carbocycles. The summed E-state index contributed by atoms with van der Waals surface area (Å²) in [5.41, 5.74) is 1.03. The Morgan fingerprint density at radius 2 is 2.04 bits per heavy atom. The molecule has 0 N–H and O–H groups in total. The van der Waals surface area contributed by atoms with Crippen molar-refractivity contribution in [2.45, 2.75) is 5.16 Å². The van der Waals surface area contributed by atoms with Crippen molar-refractivity contribution in [2.24, 2.45) is 7.05 Å². The summed E-state index contributed by atoms with van der Waals surface area (Å²) in [5.74, 6) is 0.618. The molecule has 3 rings (SSSR count). The van der Waals surface area contributed by atoms with E-state index in [9.17, 15) is 10.1 Å². The van der Waals surface area contributed by atoms with E-state index in [2.05, 4.69) is 21.0 Å². The maximum Gasteiger partial charge on any atom is 0.272 e. The maximum atomic E-state index is 12.5. The molecular formula is C15H17N7OS. The third kappa shape index (κ3) is 3.05. The van der Waals surface area contributed by atoms with Gasteiger partial charge in [0.25, 0.3) is 5.91 Å². The lowest BCUT2D eigenvalue weighted by Gasteiger charge is -2.35. The van der Waals surface area contributed by atoms with Crippen LogP contribution in [-0.2, 0) is 7.05 Å². The highest BCUT2D eigenvalue weighted by Crippen LogP contribution is 2.21. The van der Waals surface area contributed by atoms with E-state index >= 15 is 0 Å². The standard InChI is InChI=1S/C15H17N7OS/c1-20-10-17-9-12(20)14(23)22-5-3-21(4-6-22)13-11(7-16)8-18-15(19-13)24-2/h8-10H,3-6H2,1-2H3. The Hall–Kier alpha value is -2.60. The van der Waals surface area contributed by atoms with Gasteiger partial charge in [0.2, 0.25) is 0 Å². The SMILES string of the molecule is CSc1ncc(C#N)c(N2CCN(C(=O)c3cncn3C)CC2)n1. The summed E-state index contributed by atoms with van der Waals surface area (Å²) >= 11 is 1.44. The van der Waals surface area contributed by atoms with Crippen LogP contribution in [0.1, 0.15) is 16.1 Å². The number of anilines is 1. The lowest BCUT2D eigenvalue weighted by Crippen LogP contribution is -2.49. The van der Waals surface area contributed by atoms with Gasteiger partial charge in [-0.25, -0.2) is 15.0 Å². The number of thioether (sulfide) groups is 1. The number of nitriles is 1. The lowest BCUT2D eigenvalue weighted by atomic mass is 10.2. The van der Waals surface area contributed by atoms with Crippen LogP contribution in [0.25, 0.3) is 0 Å². The number of rotatable bonds is 3. The number of nitrogens with zero attached hydrogens (tertiary/aromatic N) is 7. The van der Waals surface area contributed by atoms with Crippen LogP contribution in [0.4, 0.5) is 5.82 Å². The van der Waals surface area contributed by atoms with Crippen molar-refractivity contribution in [3.63, 3.8) is 0 Å². The number of aryl methyl sites for hydroxylation is 1. The largest absolute Gasteiger partial charge is 0.352 e. The minimum absolute atomic E-state index is 0.0253. The number of piperazine rings is 1. The zero-order valence-electron chi connectivity index (χ0n) is 13.5. The lowest BCUT2D eigenvalue weighted by molar-refractivity contribution is 0.0737. The summed E-state index contributed by atoms with van der Waals surface area (Å²) in [7, 11) is 1.81. The van der Waals surface area contributed by atoms with Crippen molar-refractivity contribution in [3.8, 4) is 6.07 Å². The van der Waals surface area contributed by atoms with Crippen molar-refractivity contribution in [3.05, 3.63) is 30.0 Å². The van der Waals surface area contributed by atoms with Crippen LogP contribution >= 0.6 is 11.8 Å². The van der Waals surface area contributed by atoms with Crippen LogP contribution in [0, 0.1) is 11.3 Å². The molecule has 2 aromatic heterocycles. The molecule has 1 amide bonds. The Labute approximate surface area is 144 Å². The van der Waals surface area contributed by atoms with E-state index in [0.717, 1.165) is 0 Å². The zero-order valence-corrected chi connectivity index (χ0v) is 14.3. The van der Waals surface area contributed by atoms with E-state index in [1.165, 1.54) is 11.8 Å². The van der Waals surface area contributed by atoms with Crippen LogP contribution in [0.3, 0.4) is 0 Å². The van der Waals surface area contributed by atoms with E-state index in [1.54, 1.807) is 35.2 Å². The highest BCUT2D eigenvalue weighted by molar-refractivity contribution is 7.98. The summed E-state index contributed by atoms with van der Waals surface area (Å²) in [4.78, 5) is 28.9. The fourth-order valence-corrected chi connectivity index (χ4v) is 2.96. The molecule has 3 heterocycles. The molecule has 1 saturated heterocycles. The Bertz CT molecular complexity index is 789. The van der Waals surface area contributed by atoms with Gasteiger partial charge < -0.3 is 14.4 Å². The zero-order chi connectivity index (χ0) is 17.1. The Morgan fingerprint density at radius 1 is 1.29 bits per heavy atom. The van der Waals surface area contributed by atoms with Crippen molar-refractivity contribution in [2.75, 3.05) is 37.3 Å². The number of carbonyl (C=O) groups is 1. The second-order valence-corrected chi connectivity index (χ2v) is 6.15. The molecule has 0 bridgehead atoms. The van der Waals surface area contributed by atoms with Crippen molar-refractivity contribution in [1.29, 1.82) is 5.26 Å². The molecule has 0 radical (unpaired) electrons. The van der Waals surface area contributed by atoms with Crippen molar-refractivity contribution in [1.82, 2.24) is 24.4 Å². The number of hydrogen-bond acceptors (Lipinski definition) is 7. The van der Waals surface area contributed by atoms with E-state index < -0.39 is 0 Å². The third-order valence-corrected chi connectivity index (χ3v) is 4.51. The van der Waals surface area contributed by atoms with Crippen LogP contribution < -0.4 is 4.90 Å². The van der Waals surface area contributed by atoms with Crippen LogP contribution in [0.15, 0.2) is 23.9 Å². The van der Waals surface area contributed by atoms with Crippen LogP contribution in [0.2, 0.25) is 0 Å². The first-order chi connectivity index (χ1) is 11.6. The summed E-state index contributed by atoms with van der Waals surface area (Å²) < 4.78 is 1.72. The maximum absolute atomic E-state index is 12.5. The topological polar surface area (TPSA) is 90.9 Å². The number of imidazole rings is 1. The van der Waals surface area contributed by atoms with Gasteiger partial charge in [-0.05, 0) is 6.26 Å². The predicted octanol–water partition coefficient (Wildman–Crippen LogP) is 0.766. The van der Waals surface area contributed by atoms with Crippen molar-refractivity contribution >= 4 is 23.5 Å². The first-order valence-electron chi connectivity index (χ1n) is 7.45. The Balaban J connectivity index is 1.73.